The second kappa shape index (κ2) is 7.56. The van der Waals surface area contributed by atoms with Crippen LogP contribution in [0.1, 0.15) is 0 Å². The quantitative estimate of drug-likeness (QED) is 0.714. The van der Waals surface area contributed by atoms with Crippen molar-refractivity contribution in [3.63, 3.8) is 0 Å². The molecule has 0 saturated carbocycles. The number of rotatable bonds is 4. The zero-order valence-corrected chi connectivity index (χ0v) is 13.4. The molecule has 6 nitrogen and oxygen atoms in total. The van der Waals surface area contributed by atoms with Crippen LogP contribution in [0.5, 0.6) is 0 Å². The highest BCUT2D eigenvalue weighted by molar-refractivity contribution is 8.00. The molecule has 1 aromatic heterocycles. The number of aromatic nitrogens is 2. The largest absolute Gasteiger partial charge is 0.325 e. The van der Waals surface area contributed by atoms with Gasteiger partial charge in [0.1, 0.15) is 5.03 Å². The summed E-state index contributed by atoms with van der Waals surface area (Å²) in [7, 11) is 0. The smallest absolute Gasteiger partial charge is 0.308 e. The van der Waals surface area contributed by atoms with Gasteiger partial charge >= 0.3 is 6.03 Å². The molecule has 0 fully saturated rings. The van der Waals surface area contributed by atoms with Crippen LogP contribution in [-0.2, 0) is 4.79 Å². The molecule has 3 rings (SSSR count). The SMILES string of the molecule is O=C(CSc1nncc2ccccc12)NC(=O)Nc1ccccc1. The second-order valence-corrected chi connectivity index (χ2v) is 5.86. The van der Waals surface area contributed by atoms with Gasteiger partial charge in [-0.1, -0.05) is 54.2 Å². The van der Waals surface area contributed by atoms with Gasteiger partial charge in [0.05, 0.1) is 11.9 Å². The van der Waals surface area contributed by atoms with Crippen LogP contribution in [-0.4, -0.2) is 27.9 Å². The Labute approximate surface area is 142 Å². The molecule has 3 amide bonds. The van der Waals surface area contributed by atoms with Crippen molar-refractivity contribution in [1.29, 1.82) is 0 Å². The number of anilines is 1. The van der Waals surface area contributed by atoms with Gasteiger partial charge in [0.25, 0.3) is 0 Å². The number of urea groups is 1. The first-order valence-electron chi connectivity index (χ1n) is 7.21. The first-order chi connectivity index (χ1) is 11.7. The van der Waals surface area contributed by atoms with Crippen LogP contribution in [0.3, 0.4) is 0 Å². The molecule has 0 aliphatic heterocycles. The molecule has 1 heterocycles. The standard InChI is InChI=1S/C17H14N4O2S/c22-15(20-17(23)19-13-7-2-1-3-8-13)11-24-16-14-9-5-4-6-12(14)10-18-21-16/h1-10H,11H2,(H2,19,20,22,23). The van der Waals surface area contributed by atoms with Crippen LogP contribution < -0.4 is 10.6 Å². The van der Waals surface area contributed by atoms with E-state index in [0.717, 1.165) is 10.8 Å². The van der Waals surface area contributed by atoms with E-state index in [1.54, 1.807) is 30.5 Å². The summed E-state index contributed by atoms with van der Waals surface area (Å²) < 4.78 is 0. The van der Waals surface area contributed by atoms with Crippen LogP contribution in [0.25, 0.3) is 10.8 Å². The average Bonchev–Trinajstić information content (AvgIpc) is 2.60. The lowest BCUT2D eigenvalue weighted by Gasteiger charge is -2.07. The minimum atomic E-state index is -0.559. The van der Waals surface area contributed by atoms with Crippen molar-refractivity contribution in [1.82, 2.24) is 15.5 Å². The Morgan fingerprint density at radius 2 is 1.75 bits per heavy atom. The number of nitrogens with one attached hydrogen (secondary N) is 2. The molecule has 0 unspecified atom stereocenters. The van der Waals surface area contributed by atoms with Gasteiger partial charge in [-0.15, -0.1) is 5.10 Å². The normalized spacial score (nSPS) is 10.3. The van der Waals surface area contributed by atoms with Gasteiger partial charge in [0, 0.05) is 16.5 Å². The Balaban J connectivity index is 1.56. The van der Waals surface area contributed by atoms with Crippen molar-refractivity contribution in [2.45, 2.75) is 5.03 Å². The fourth-order valence-corrected chi connectivity index (χ4v) is 2.88. The number of nitrogens with zero attached hydrogens (tertiary/aromatic N) is 2. The van der Waals surface area contributed by atoms with E-state index in [-0.39, 0.29) is 5.75 Å². The summed E-state index contributed by atoms with van der Waals surface area (Å²) in [6.07, 6.45) is 1.67. The van der Waals surface area contributed by atoms with Gasteiger partial charge in [0.2, 0.25) is 5.91 Å². The van der Waals surface area contributed by atoms with Gasteiger partial charge in [-0.05, 0) is 12.1 Å². The maximum absolute atomic E-state index is 11.9. The number of carbonyl (C=O) groups is 2. The third-order valence-corrected chi connectivity index (χ3v) is 4.14. The minimum absolute atomic E-state index is 0.0743. The number of benzene rings is 2. The molecule has 7 heteroatoms. The molecule has 2 N–H and O–H groups in total. The molecule has 0 bridgehead atoms. The topological polar surface area (TPSA) is 84.0 Å². The lowest BCUT2D eigenvalue weighted by molar-refractivity contribution is -0.117. The number of para-hydroxylation sites is 1. The number of carbonyl (C=O) groups excluding carboxylic acids is 2. The summed E-state index contributed by atoms with van der Waals surface area (Å²) in [5, 5.41) is 15.4. The highest BCUT2D eigenvalue weighted by atomic mass is 32.2. The summed E-state index contributed by atoms with van der Waals surface area (Å²) in [6, 6.07) is 16.0. The van der Waals surface area contributed by atoms with Crippen LogP contribution in [0.4, 0.5) is 10.5 Å². The molecule has 0 spiro atoms. The van der Waals surface area contributed by atoms with E-state index in [1.807, 2.05) is 30.3 Å². The predicted molar refractivity (Wildman–Crippen MR) is 93.9 cm³/mol. The maximum atomic E-state index is 11.9. The Morgan fingerprint density at radius 3 is 2.58 bits per heavy atom. The number of hydrogen-bond donors (Lipinski definition) is 2. The third-order valence-electron chi connectivity index (χ3n) is 3.16. The number of amides is 3. The summed E-state index contributed by atoms with van der Waals surface area (Å²) >= 11 is 1.24. The average molecular weight is 338 g/mol. The molecule has 0 aliphatic carbocycles. The number of hydrogen-bond acceptors (Lipinski definition) is 5. The Bertz CT molecular complexity index is 865. The van der Waals surface area contributed by atoms with Gasteiger partial charge < -0.3 is 5.32 Å². The van der Waals surface area contributed by atoms with Gasteiger partial charge in [0.15, 0.2) is 0 Å². The lowest BCUT2D eigenvalue weighted by atomic mass is 10.2. The van der Waals surface area contributed by atoms with Crippen LogP contribution in [0.15, 0.2) is 65.8 Å². The first-order valence-corrected chi connectivity index (χ1v) is 8.20. The summed E-state index contributed by atoms with van der Waals surface area (Å²) in [5.74, 6) is -0.326. The summed E-state index contributed by atoms with van der Waals surface area (Å²) in [5.41, 5.74) is 0.621. The van der Waals surface area contributed by atoms with Crippen molar-refractivity contribution in [2.24, 2.45) is 0 Å². The number of imide groups is 1. The van der Waals surface area contributed by atoms with Gasteiger partial charge in [-0.25, -0.2) is 4.79 Å². The molecule has 0 saturated heterocycles. The molecule has 24 heavy (non-hydrogen) atoms. The van der Waals surface area contributed by atoms with Crippen molar-refractivity contribution < 1.29 is 9.59 Å². The molecule has 2 aromatic carbocycles. The fourth-order valence-electron chi connectivity index (χ4n) is 2.09. The monoisotopic (exact) mass is 338 g/mol. The predicted octanol–water partition coefficient (Wildman–Crippen LogP) is 3.07. The van der Waals surface area contributed by atoms with Crippen molar-refractivity contribution >= 4 is 40.2 Å². The van der Waals surface area contributed by atoms with E-state index in [2.05, 4.69) is 20.8 Å². The molecule has 0 atom stereocenters. The van der Waals surface area contributed by atoms with Gasteiger partial charge in [-0.3, -0.25) is 10.1 Å². The summed E-state index contributed by atoms with van der Waals surface area (Å²) in [6.45, 7) is 0. The van der Waals surface area contributed by atoms with E-state index in [9.17, 15) is 9.59 Å². The fraction of sp³-hybridized carbons (Fsp3) is 0.0588. The molecule has 0 aliphatic rings. The van der Waals surface area contributed by atoms with Crippen molar-refractivity contribution in [3.8, 4) is 0 Å². The second-order valence-electron chi connectivity index (χ2n) is 4.89. The lowest BCUT2D eigenvalue weighted by Crippen LogP contribution is -2.35. The van der Waals surface area contributed by atoms with E-state index in [0.29, 0.717) is 10.7 Å². The van der Waals surface area contributed by atoms with E-state index >= 15 is 0 Å². The summed E-state index contributed by atoms with van der Waals surface area (Å²) in [4.78, 5) is 23.7. The van der Waals surface area contributed by atoms with Crippen LogP contribution >= 0.6 is 11.8 Å². The molecular formula is C17H14N4O2S. The van der Waals surface area contributed by atoms with Crippen LogP contribution in [0.2, 0.25) is 0 Å². The molecule has 120 valence electrons. The minimum Gasteiger partial charge on any atom is -0.308 e. The Morgan fingerprint density at radius 1 is 1.00 bits per heavy atom. The Kier molecular flexibility index (Phi) is 5.02. The molecular weight excluding hydrogens is 324 g/mol. The number of fused-ring (bicyclic) bond motifs is 1. The Hall–Kier alpha value is -2.93. The van der Waals surface area contributed by atoms with E-state index in [4.69, 9.17) is 0 Å². The third kappa shape index (κ3) is 4.08. The molecule has 3 aromatic rings. The highest BCUT2D eigenvalue weighted by Crippen LogP contribution is 2.24. The van der Waals surface area contributed by atoms with E-state index in [1.165, 1.54) is 11.8 Å². The number of thioether (sulfide) groups is 1. The zero-order chi connectivity index (χ0) is 16.8. The highest BCUT2D eigenvalue weighted by Gasteiger charge is 2.10. The van der Waals surface area contributed by atoms with Crippen molar-refractivity contribution in [3.05, 3.63) is 60.8 Å². The van der Waals surface area contributed by atoms with Crippen LogP contribution in [0, 0.1) is 0 Å². The maximum Gasteiger partial charge on any atom is 0.325 e. The molecule has 0 radical (unpaired) electrons. The van der Waals surface area contributed by atoms with Crippen molar-refractivity contribution in [2.75, 3.05) is 11.1 Å². The first kappa shape index (κ1) is 15.9. The van der Waals surface area contributed by atoms with Gasteiger partial charge in [-0.2, -0.15) is 5.10 Å². The van der Waals surface area contributed by atoms with E-state index < -0.39 is 11.9 Å². The zero-order valence-electron chi connectivity index (χ0n) is 12.6.